The highest BCUT2D eigenvalue weighted by Gasteiger charge is 2.24. The summed E-state index contributed by atoms with van der Waals surface area (Å²) in [7, 11) is 4.63. The third kappa shape index (κ3) is 4.55. The number of methoxy groups -OCH3 is 3. The van der Waals surface area contributed by atoms with Crippen LogP contribution < -0.4 is 19.1 Å². The summed E-state index contributed by atoms with van der Waals surface area (Å²) in [5.41, 5.74) is 1.09. The van der Waals surface area contributed by atoms with Crippen molar-refractivity contribution < 1.29 is 28.9 Å². The summed E-state index contributed by atoms with van der Waals surface area (Å²) in [5.74, 6) is 0.371. The van der Waals surface area contributed by atoms with E-state index in [1.807, 2.05) is 24.3 Å². The number of aliphatic carboxylic acids is 1. The number of rotatable bonds is 9. The molecule has 1 N–H and O–H groups in total. The first-order chi connectivity index (χ1) is 15.0. The van der Waals surface area contributed by atoms with Gasteiger partial charge in [-0.05, 0) is 24.6 Å². The smallest absolute Gasteiger partial charge is 0.303 e. The van der Waals surface area contributed by atoms with Crippen molar-refractivity contribution in [1.29, 1.82) is 0 Å². The van der Waals surface area contributed by atoms with E-state index in [4.69, 9.17) is 19.3 Å². The first kappa shape index (κ1) is 22.0. The van der Waals surface area contributed by atoms with Gasteiger partial charge in [0.25, 0.3) is 5.91 Å². The maximum absolute atomic E-state index is 13.4. The molecule has 0 fully saturated rings. The molecule has 0 bridgehead atoms. The van der Waals surface area contributed by atoms with Gasteiger partial charge in [-0.3, -0.25) is 9.59 Å². The largest absolute Gasteiger partial charge is 0.496 e. The van der Waals surface area contributed by atoms with Crippen molar-refractivity contribution in [2.24, 2.45) is 0 Å². The number of ether oxygens (including phenoxy) is 3. The van der Waals surface area contributed by atoms with E-state index < -0.39 is 5.97 Å². The van der Waals surface area contributed by atoms with E-state index in [-0.39, 0.29) is 18.9 Å². The molecule has 3 aromatic rings. The number of hydrogen-bond acceptors (Lipinski definition) is 5. The van der Waals surface area contributed by atoms with Crippen molar-refractivity contribution in [1.82, 2.24) is 0 Å². The fourth-order valence-electron chi connectivity index (χ4n) is 3.57. The number of nitrogens with zero attached hydrogens (tertiary/aromatic N) is 1. The molecule has 0 aromatic heterocycles. The Hall–Kier alpha value is -3.74. The van der Waals surface area contributed by atoms with Crippen molar-refractivity contribution in [2.75, 3.05) is 32.8 Å². The highest BCUT2D eigenvalue weighted by atomic mass is 16.5. The van der Waals surface area contributed by atoms with Crippen molar-refractivity contribution in [3.05, 3.63) is 60.2 Å². The molecule has 0 aliphatic rings. The second kappa shape index (κ2) is 9.84. The Bertz CT molecular complexity index is 1080. The molecule has 0 heterocycles. The van der Waals surface area contributed by atoms with E-state index in [1.54, 1.807) is 49.5 Å². The zero-order chi connectivity index (χ0) is 22.4. The molecule has 0 spiro atoms. The van der Waals surface area contributed by atoms with Crippen LogP contribution in [0.15, 0.2) is 54.6 Å². The molecule has 7 heteroatoms. The molecule has 0 aliphatic heterocycles. The Morgan fingerprint density at radius 3 is 2.23 bits per heavy atom. The van der Waals surface area contributed by atoms with Gasteiger partial charge in [0, 0.05) is 30.0 Å². The third-order valence-electron chi connectivity index (χ3n) is 4.99. The summed E-state index contributed by atoms with van der Waals surface area (Å²) in [6, 6.07) is 16.1. The second-order valence-corrected chi connectivity index (χ2v) is 6.83. The van der Waals surface area contributed by atoms with E-state index in [1.165, 1.54) is 7.11 Å². The van der Waals surface area contributed by atoms with Gasteiger partial charge in [0.2, 0.25) is 0 Å². The summed E-state index contributed by atoms with van der Waals surface area (Å²) in [6.07, 6.45) is 0.251. The predicted octanol–water partition coefficient (Wildman–Crippen LogP) is 4.38. The van der Waals surface area contributed by atoms with Crippen LogP contribution in [0.25, 0.3) is 10.8 Å². The maximum atomic E-state index is 13.4. The number of fused-ring (bicyclic) bond motifs is 1. The molecule has 162 valence electrons. The number of benzene rings is 3. The normalized spacial score (nSPS) is 10.5. The lowest BCUT2D eigenvalue weighted by molar-refractivity contribution is -0.137. The molecule has 0 saturated carbocycles. The van der Waals surface area contributed by atoms with Gasteiger partial charge in [-0.15, -0.1) is 0 Å². The first-order valence-corrected chi connectivity index (χ1v) is 9.82. The second-order valence-electron chi connectivity index (χ2n) is 6.83. The van der Waals surface area contributed by atoms with Crippen LogP contribution in [0.4, 0.5) is 5.69 Å². The number of carbonyl (C=O) groups is 2. The minimum atomic E-state index is -0.911. The standard InChI is InChI=1S/C24H25NO6/c1-29-19-12-7-11-17-18(15-20(30-2)23(31-3)22(17)19)25(14-8-13-21(26)27)24(28)16-9-5-4-6-10-16/h4-7,9-12,15H,8,13-14H2,1-3H3,(H,26,27). The number of amides is 1. The predicted molar refractivity (Wildman–Crippen MR) is 119 cm³/mol. The zero-order valence-electron chi connectivity index (χ0n) is 17.8. The van der Waals surface area contributed by atoms with E-state index in [9.17, 15) is 9.59 Å². The molecule has 1 amide bonds. The number of carbonyl (C=O) groups excluding carboxylic acids is 1. The number of anilines is 1. The molecule has 31 heavy (non-hydrogen) atoms. The summed E-state index contributed by atoms with van der Waals surface area (Å²) in [4.78, 5) is 26.1. The van der Waals surface area contributed by atoms with E-state index >= 15 is 0 Å². The van der Waals surface area contributed by atoms with Crippen LogP contribution >= 0.6 is 0 Å². The fourth-order valence-corrected chi connectivity index (χ4v) is 3.57. The molecule has 7 nitrogen and oxygen atoms in total. The maximum Gasteiger partial charge on any atom is 0.303 e. The number of carboxylic acids is 1. The Kier molecular flexibility index (Phi) is 6.97. The Morgan fingerprint density at radius 2 is 1.61 bits per heavy atom. The lowest BCUT2D eigenvalue weighted by Crippen LogP contribution is -2.32. The van der Waals surface area contributed by atoms with Gasteiger partial charge in [-0.2, -0.15) is 0 Å². The fraction of sp³-hybridized carbons (Fsp3) is 0.250. The zero-order valence-corrected chi connectivity index (χ0v) is 17.8. The SMILES string of the molecule is COc1cc(N(CCCC(=O)O)C(=O)c2ccccc2)c2cccc(OC)c2c1OC. The van der Waals surface area contributed by atoms with Gasteiger partial charge in [0.05, 0.1) is 32.4 Å². The van der Waals surface area contributed by atoms with Gasteiger partial charge in [-0.25, -0.2) is 0 Å². The van der Waals surface area contributed by atoms with Crippen LogP contribution in [-0.2, 0) is 4.79 Å². The minimum Gasteiger partial charge on any atom is -0.496 e. The molecule has 3 rings (SSSR count). The number of carboxylic acid groups (broad SMARTS) is 1. The van der Waals surface area contributed by atoms with Gasteiger partial charge < -0.3 is 24.2 Å². The minimum absolute atomic E-state index is 0.0485. The lowest BCUT2D eigenvalue weighted by Gasteiger charge is -2.26. The molecule has 0 unspecified atom stereocenters. The van der Waals surface area contributed by atoms with Crippen molar-refractivity contribution >= 4 is 28.3 Å². The van der Waals surface area contributed by atoms with Gasteiger partial charge in [0.15, 0.2) is 11.5 Å². The molecule has 0 radical (unpaired) electrons. The van der Waals surface area contributed by atoms with Crippen molar-refractivity contribution in [2.45, 2.75) is 12.8 Å². The quantitative estimate of drug-likeness (QED) is 0.550. The van der Waals surface area contributed by atoms with Crippen LogP contribution in [-0.4, -0.2) is 44.9 Å². The van der Waals surface area contributed by atoms with Crippen molar-refractivity contribution in [3.63, 3.8) is 0 Å². The third-order valence-corrected chi connectivity index (χ3v) is 4.99. The monoisotopic (exact) mass is 423 g/mol. The van der Waals surface area contributed by atoms with Gasteiger partial charge >= 0.3 is 5.97 Å². The molecular formula is C24H25NO6. The molecule has 3 aromatic carbocycles. The highest BCUT2D eigenvalue weighted by Crippen LogP contribution is 2.46. The van der Waals surface area contributed by atoms with Crippen LogP contribution in [0.1, 0.15) is 23.2 Å². The van der Waals surface area contributed by atoms with Crippen LogP contribution in [0.3, 0.4) is 0 Å². The summed E-state index contributed by atoms with van der Waals surface area (Å²) in [5, 5.41) is 10.5. The summed E-state index contributed by atoms with van der Waals surface area (Å²) < 4.78 is 16.7. The van der Waals surface area contributed by atoms with Crippen LogP contribution in [0.2, 0.25) is 0 Å². The average Bonchev–Trinajstić information content (AvgIpc) is 2.80. The molecule has 0 aliphatic carbocycles. The first-order valence-electron chi connectivity index (χ1n) is 9.82. The Morgan fingerprint density at radius 1 is 0.903 bits per heavy atom. The van der Waals surface area contributed by atoms with Crippen LogP contribution in [0, 0.1) is 0 Å². The molecule has 0 saturated heterocycles. The Balaban J connectivity index is 2.23. The lowest BCUT2D eigenvalue weighted by atomic mass is 10.0. The summed E-state index contributed by atoms with van der Waals surface area (Å²) in [6.45, 7) is 0.224. The van der Waals surface area contributed by atoms with E-state index in [0.717, 1.165) is 5.39 Å². The van der Waals surface area contributed by atoms with Gasteiger partial charge in [-0.1, -0.05) is 30.3 Å². The summed E-state index contributed by atoms with van der Waals surface area (Å²) >= 11 is 0. The Labute approximate surface area is 180 Å². The van der Waals surface area contributed by atoms with E-state index in [0.29, 0.717) is 40.3 Å². The van der Waals surface area contributed by atoms with Gasteiger partial charge in [0.1, 0.15) is 5.75 Å². The van der Waals surface area contributed by atoms with Crippen LogP contribution in [0.5, 0.6) is 17.2 Å². The molecular weight excluding hydrogens is 398 g/mol. The van der Waals surface area contributed by atoms with Crippen molar-refractivity contribution in [3.8, 4) is 17.2 Å². The highest BCUT2D eigenvalue weighted by molar-refractivity contribution is 6.13. The topological polar surface area (TPSA) is 85.3 Å². The van der Waals surface area contributed by atoms with E-state index in [2.05, 4.69) is 0 Å². The average molecular weight is 423 g/mol. The number of hydrogen-bond donors (Lipinski definition) is 1. The molecule has 0 atom stereocenters.